The van der Waals surface area contributed by atoms with E-state index in [0.29, 0.717) is 74.7 Å². The van der Waals surface area contributed by atoms with Crippen LogP contribution in [-0.4, -0.2) is 115 Å². The summed E-state index contributed by atoms with van der Waals surface area (Å²) >= 11 is 6.63. The van der Waals surface area contributed by atoms with E-state index in [-0.39, 0.29) is 35.8 Å². The molecule has 1 atom stereocenters. The maximum atomic E-state index is 14.3. The molecule has 12 nitrogen and oxygen atoms in total. The maximum absolute atomic E-state index is 14.3. The van der Waals surface area contributed by atoms with Gasteiger partial charge in [0, 0.05) is 50.9 Å². The molecule has 13 heteroatoms. The number of para-hydroxylation sites is 1. The number of carbonyl (C=O) groups excluding carboxylic acids is 4. The lowest BCUT2D eigenvalue weighted by Gasteiger charge is -2.41. The van der Waals surface area contributed by atoms with Crippen LogP contribution in [0.2, 0.25) is 5.02 Å². The predicted molar refractivity (Wildman–Crippen MR) is 209 cm³/mol. The number of ether oxygens (including phenoxy) is 2. The zero-order chi connectivity index (χ0) is 38.6. The molecule has 54 heavy (non-hydrogen) atoms. The van der Waals surface area contributed by atoms with Gasteiger partial charge in [-0.2, -0.15) is 0 Å². The smallest absolute Gasteiger partial charge is 0.410 e. The predicted octanol–water partition coefficient (Wildman–Crippen LogP) is 5.95. The van der Waals surface area contributed by atoms with Crippen molar-refractivity contribution in [3.8, 4) is 0 Å². The van der Waals surface area contributed by atoms with Gasteiger partial charge in [-0.05, 0) is 104 Å². The molecule has 2 aromatic carbocycles. The van der Waals surface area contributed by atoms with Crippen LogP contribution in [0.4, 0.5) is 21.0 Å². The lowest BCUT2D eigenvalue weighted by atomic mass is 9.78. The Balaban J connectivity index is 1.09. The molecule has 3 saturated heterocycles. The van der Waals surface area contributed by atoms with Crippen molar-refractivity contribution in [3.05, 3.63) is 58.1 Å². The van der Waals surface area contributed by atoms with Gasteiger partial charge in [-0.3, -0.25) is 14.5 Å². The van der Waals surface area contributed by atoms with Gasteiger partial charge in [0.2, 0.25) is 0 Å². The highest BCUT2D eigenvalue weighted by Gasteiger charge is 2.37. The first-order chi connectivity index (χ1) is 25.8. The topological polar surface area (TPSA) is 138 Å². The molecule has 0 spiro atoms. The number of anilines is 2. The van der Waals surface area contributed by atoms with E-state index in [2.05, 4.69) is 31.0 Å². The summed E-state index contributed by atoms with van der Waals surface area (Å²) in [5.41, 5.74) is 10.2. The Labute approximate surface area is 324 Å². The van der Waals surface area contributed by atoms with Crippen LogP contribution in [-0.2, 0) is 37.3 Å². The largest absolute Gasteiger partial charge is 0.468 e. The molecule has 0 saturated carbocycles. The molecular formula is C41H57ClN6O6. The quantitative estimate of drug-likeness (QED) is 0.249. The minimum Gasteiger partial charge on any atom is -0.468 e. The molecule has 0 aliphatic carbocycles. The van der Waals surface area contributed by atoms with E-state index >= 15 is 0 Å². The Hall–Kier alpha value is -4.03. The number of esters is 1. The second-order valence-electron chi connectivity index (χ2n) is 16.5. The van der Waals surface area contributed by atoms with Crippen LogP contribution < -0.4 is 11.1 Å². The molecule has 0 unspecified atom stereocenters. The third-order valence-corrected chi connectivity index (χ3v) is 12.3. The van der Waals surface area contributed by atoms with Gasteiger partial charge in [-0.1, -0.05) is 56.6 Å². The van der Waals surface area contributed by atoms with Gasteiger partial charge in [0.05, 0.1) is 24.4 Å². The number of piperidine rings is 3. The summed E-state index contributed by atoms with van der Waals surface area (Å²) in [6.45, 7) is 10.9. The number of amides is 4. The molecule has 6 rings (SSSR count). The van der Waals surface area contributed by atoms with Crippen LogP contribution in [0.25, 0.3) is 0 Å². The molecule has 4 heterocycles. The number of carbonyl (C=O) groups is 4. The van der Waals surface area contributed by atoms with Gasteiger partial charge in [0.1, 0.15) is 0 Å². The number of rotatable bonds is 8. The first kappa shape index (κ1) is 39.7. The van der Waals surface area contributed by atoms with Crippen molar-refractivity contribution in [1.82, 2.24) is 19.6 Å². The van der Waals surface area contributed by atoms with E-state index in [1.165, 1.54) is 7.11 Å². The Morgan fingerprint density at radius 3 is 2.19 bits per heavy atom. The molecular weight excluding hydrogens is 708 g/mol. The number of nitrogen functional groups attached to an aromatic ring is 1. The van der Waals surface area contributed by atoms with Gasteiger partial charge in [0.15, 0.2) is 6.10 Å². The maximum Gasteiger partial charge on any atom is 0.410 e. The van der Waals surface area contributed by atoms with Crippen LogP contribution in [0.1, 0.15) is 76.0 Å². The number of hydrogen-bond acceptors (Lipinski definition) is 8. The molecule has 4 amide bonds. The first-order valence-electron chi connectivity index (χ1n) is 19.6. The second kappa shape index (κ2) is 17.2. The molecule has 0 bridgehead atoms. The van der Waals surface area contributed by atoms with Gasteiger partial charge in [-0.25, -0.2) is 9.59 Å². The molecule has 3 N–H and O–H groups in total. The monoisotopic (exact) mass is 764 g/mol. The highest BCUT2D eigenvalue weighted by Crippen LogP contribution is 2.36. The van der Waals surface area contributed by atoms with Crippen molar-refractivity contribution in [2.75, 3.05) is 70.5 Å². The van der Waals surface area contributed by atoms with Crippen molar-refractivity contribution >= 4 is 47.0 Å². The summed E-state index contributed by atoms with van der Waals surface area (Å²) in [5, 5.41) is 3.47. The van der Waals surface area contributed by atoms with Crippen LogP contribution in [0, 0.1) is 11.8 Å². The summed E-state index contributed by atoms with van der Waals surface area (Å²) in [6, 6.07) is 11.5. The van der Waals surface area contributed by atoms with Crippen molar-refractivity contribution in [2.24, 2.45) is 11.8 Å². The van der Waals surface area contributed by atoms with E-state index < -0.39 is 12.2 Å². The zero-order valence-corrected chi connectivity index (χ0v) is 33.0. The highest BCUT2D eigenvalue weighted by atomic mass is 35.5. The van der Waals surface area contributed by atoms with Crippen LogP contribution >= 0.6 is 11.6 Å². The van der Waals surface area contributed by atoms with E-state index in [9.17, 15) is 19.2 Å². The number of fused-ring (bicyclic) bond motifs is 1. The summed E-state index contributed by atoms with van der Waals surface area (Å²) < 4.78 is 11.0. The van der Waals surface area contributed by atoms with Crippen molar-refractivity contribution in [1.29, 1.82) is 0 Å². The number of urea groups is 1. The first-order valence-corrected chi connectivity index (χ1v) is 20.0. The Kier molecular flexibility index (Phi) is 12.6. The number of nitrogens with one attached hydrogen (secondary N) is 1. The summed E-state index contributed by atoms with van der Waals surface area (Å²) in [6.07, 6.45) is 4.45. The fraction of sp³-hybridized carbons (Fsp3) is 0.610. The summed E-state index contributed by atoms with van der Waals surface area (Å²) in [4.78, 5) is 60.6. The van der Waals surface area contributed by atoms with Crippen LogP contribution in [0.15, 0.2) is 36.4 Å². The second-order valence-corrected chi connectivity index (χ2v) is 16.9. The van der Waals surface area contributed by atoms with Crippen LogP contribution in [0.3, 0.4) is 0 Å². The highest BCUT2D eigenvalue weighted by molar-refractivity contribution is 6.33. The normalized spacial score (nSPS) is 20.2. The average molecular weight is 765 g/mol. The number of halogens is 1. The zero-order valence-electron chi connectivity index (χ0n) is 32.3. The number of hydrogen-bond donors (Lipinski definition) is 2. The Bertz CT molecular complexity index is 1670. The van der Waals surface area contributed by atoms with Crippen molar-refractivity contribution in [2.45, 2.75) is 89.7 Å². The number of nitrogens with two attached hydrogens (primary N) is 1. The number of likely N-dealkylation sites (tertiary alicyclic amines) is 3. The van der Waals surface area contributed by atoms with Gasteiger partial charge < -0.3 is 35.2 Å². The average Bonchev–Trinajstić information content (AvgIpc) is 3.33. The summed E-state index contributed by atoms with van der Waals surface area (Å²) in [5.74, 6) is 0.651. The third kappa shape index (κ3) is 9.42. The number of nitrogens with zero attached hydrogens (tertiary/aromatic N) is 4. The molecule has 0 radical (unpaired) electrons. The summed E-state index contributed by atoms with van der Waals surface area (Å²) in [7, 11) is 1.42. The lowest BCUT2D eigenvalue weighted by Crippen LogP contribution is -2.52. The Morgan fingerprint density at radius 1 is 0.907 bits per heavy atom. The molecule has 4 aliphatic rings. The number of methoxy groups -OCH3 is 1. The third-order valence-electron chi connectivity index (χ3n) is 12.0. The van der Waals surface area contributed by atoms with Gasteiger partial charge in [0.25, 0.3) is 5.91 Å². The Morgan fingerprint density at radius 2 is 1.54 bits per heavy atom. The number of benzene rings is 2. The SMILES string of the molecule is COC(=O)CN1CCC(C2CCN(C(=O)[C@@H](Cc3cc(Cl)c(N)c(C(C)(C)C)c3)OC(=O)N3CCC(N4CCc5ccccc5NC4=O)CC3)CC2)CC1. The molecule has 0 aromatic heterocycles. The van der Waals surface area contributed by atoms with Gasteiger partial charge >= 0.3 is 18.1 Å². The van der Waals surface area contributed by atoms with Crippen LogP contribution in [0.5, 0.6) is 0 Å². The van der Waals surface area contributed by atoms with Gasteiger partial charge in [-0.15, -0.1) is 0 Å². The molecule has 2 aromatic rings. The minimum atomic E-state index is -1.03. The van der Waals surface area contributed by atoms with E-state index in [1.54, 1.807) is 11.0 Å². The molecule has 294 valence electrons. The fourth-order valence-electron chi connectivity index (χ4n) is 8.72. The van der Waals surface area contributed by atoms with Crippen molar-refractivity contribution in [3.63, 3.8) is 0 Å². The lowest BCUT2D eigenvalue weighted by molar-refractivity contribution is -0.142. The fourth-order valence-corrected chi connectivity index (χ4v) is 8.97. The standard InChI is InChI=1S/C41H57ClN6O6/c1-41(2,3)32-23-27(24-33(42)37(32)43)25-35(38(50)46-18-11-29(12-19-46)28-9-16-45(17-10-28)26-36(49)53-4)54-40(52)47-20-14-31(15-21-47)48-22-13-30-7-5-6-8-34(30)44-39(48)51/h5-8,23-24,28-29,31,35H,9-22,25-26,43H2,1-4H3,(H,44,51)/t35-/m1/s1. The molecule has 3 fully saturated rings. The minimum absolute atomic E-state index is 0.00471. The van der Waals surface area contributed by atoms with E-state index in [0.717, 1.165) is 67.6 Å². The van der Waals surface area contributed by atoms with E-state index in [1.807, 2.05) is 40.1 Å². The van der Waals surface area contributed by atoms with E-state index in [4.69, 9.17) is 26.8 Å². The van der Waals surface area contributed by atoms with Crippen molar-refractivity contribution < 1.29 is 28.7 Å². The molecule has 4 aliphatic heterocycles.